The summed E-state index contributed by atoms with van der Waals surface area (Å²) in [5, 5.41) is 39.1. The summed E-state index contributed by atoms with van der Waals surface area (Å²) in [5.41, 5.74) is -0.359. The van der Waals surface area contributed by atoms with Gasteiger partial charge in [-0.2, -0.15) is 0 Å². The third-order valence-electron chi connectivity index (χ3n) is 5.56. The lowest BCUT2D eigenvalue weighted by molar-refractivity contribution is 0.173. The van der Waals surface area contributed by atoms with Crippen LogP contribution in [-0.2, 0) is 10.8 Å². The zero-order chi connectivity index (χ0) is 23.2. The summed E-state index contributed by atoms with van der Waals surface area (Å²) in [6, 6.07) is 18.5. The van der Waals surface area contributed by atoms with Crippen LogP contribution in [0.3, 0.4) is 0 Å². The van der Waals surface area contributed by atoms with Crippen LogP contribution in [0.4, 0.5) is 0 Å². The van der Waals surface area contributed by atoms with E-state index in [0.29, 0.717) is 0 Å². The van der Waals surface area contributed by atoms with Crippen molar-refractivity contribution in [2.24, 2.45) is 0 Å². The van der Waals surface area contributed by atoms with Gasteiger partial charge in [-0.1, -0.05) is 84.7 Å². The van der Waals surface area contributed by atoms with E-state index < -0.39 is 23.0 Å². The molecule has 0 heterocycles. The molecule has 160 valence electrons. The third-order valence-corrected chi connectivity index (χ3v) is 5.56. The van der Waals surface area contributed by atoms with E-state index >= 15 is 0 Å². The molecule has 0 aliphatic heterocycles. The van der Waals surface area contributed by atoms with Crippen LogP contribution in [0.5, 0.6) is 0 Å². The van der Waals surface area contributed by atoms with Crippen molar-refractivity contribution >= 4 is 0 Å². The number of benzene rings is 2. The van der Waals surface area contributed by atoms with E-state index in [1.807, 2.05) is 60.7 Å². The zero-order valence-electron chi connectivity index (χ0n) is 17.3. The number of terminal acetylenes is 2. The first-order valence-corrected chi connectivity index (χ1v) is 10.0. The van der Waals surface area contributed by atoms with Gasteiger partial charge in [-0.05, 0) is 35.4 Å². The highest BCUT2D eigenvalue weighted by molar-refractivity contribution is 5.49. The molecule has 0 saturated heterocycles. The highest BCUT2D eigenvalue weighted by Crippen LogP contribution is 2.34. The van der Waals surface area contributed by atoms with Crippen molar-refractivity contribution in [1.82, 2.24) is 0 Å². The molecule has 0 fully saturated rings. The average molecular weight is 424 g/mol. The minimum absolute atomic E-state index is 0.0760. The SMILES string of the molecule is C#CC1(c2ccccc2)C=C(O)C=CC1O.C#CC1(c2ccccc2)C=C(O)C=CC1O. The molecule has 2 aliphatic carbocycles. The second-order valence-electron chi connectivity index (χ2n) is 7.51. The molecule has 0 aromatic heterocycles. The number of rotatable bonds is 2. The maximum atomic E-state index is 10.0. The van der Waals surface area contributed by atoms with Gasteiger partial charge in [-0.3, -0.25) is 0 Å². The summed E-state index contributed by atoms with van der Waals surface area (Å²) >= 11 is 0. The van der Waals surface area contributed by atoms with Gasteiger partial charge in [0.05, 0.1) is 12.2 Å². The van der Waals surface area contributed by atoms with Crippen molar-refractivity contribution in [2.45, 2.75) is 23.0 Å². The number of hydrogen-bond acceptors (Lipinski definition) is 4. The first-order valence-electron chi connectivity index (χ1n) is 10.0. The molecule has 0 bridgehead atoms. The molecule has 0 amide bonds. The lowest BCUT2D eigenvalue weighted by Crippen LogP contribution is -2.37. The molecular weight excluding hydrogens is 400 g/mol. The van der Waals surface area contributed by atoms with Crippen molar-refractivity contribution in [1.29, 1.82) is 0 Å². The molecular formula is C28H24O4. The van der Waals surface area contributed by atoms with Crippen molar-refractivity contribution in [3.05, 3.63) is 120 Å². The van der Waals surface area contributed by atoms with Crippen molar-refractivity contribution in [2.75, 3.05) is 0 Å². The molecule has 4 heteroatoms. The van der Waals surface area contributed by atoms with Crippen LogP contribution in [0.15, 0.2) is 109 Å². The number of aliphatic hydroxyl groups is 4. The van der Waals surface area contributed by atoms with Gasteiger partial charge in [-0.15, -0.1) is 12.8 Å². The van der Waals surface area contributed by atoms with Gasteiger partial charge in [-0.25, -0.2) is 0 Å². The van der Waals surface area contributed by atoms with E-state index in [-0.39, 0.29) is 11.5 Å². The highest BCUT2D eigenvalue weighted by Gasteiger charge is 2.38. The molecule has 32 heavy (non-hydrogen) atoms. The molecule has 2 aromatic carbocycles. The molecule has 0 spiro atoms. The molecule has 2 aliphatic rings. The summed E-state index contributed by atoms with van der Waals surface area (Å²) < 4.78 is 0. The predicted octanol–water partition coefficient (Wildman–Crippen LogP) is 3.86. The van der Waals surface area contributed by atoms with Gasteiger partial charge >= 0.3 is 0 Å². The van der Waals surface area contributed by atoms with Crippen LogP contribution in [0.1, 0.15) is 11.1 Å². The minimum atomic E-state index is -0.972. The molecule has 4 N–H and O–H groups in total. The third kappa shape index (κ3) is 4.24. The highest BCUT2D eigenvalue weighted by atomic mass is 16.3. The molecule has 2 aromatic rings. The second-order valence-corrected chi connectivity index (χ2v) is 7.51. The Bertz CT molecular complexity index is 1050. The van der Waals surface area contributed by atoms with E-state index in [0.717, 1.165) is 11.1 Å². The number of allylic oxidation sites excluding steroid dienone is 2. The van der Waals surface area contributed by atoms with E-state index in [1.54, 1.807) is 0 Å². The van der Waals surface area contributed by atoms with Gasteiger partial charge in [0, 0.05) is 0 Å². The van der Waals surface area contributed by atoms with Crippen LogP contribution < -0.4 is 0 Å². The maximum absolute atomic E-state index is 10.0. The normalized spacial score (nSPS) is 28.2. The first kappa shape index (κ1) is 22.7. The van der Waals surface area contributed by atoms with E-state index in [1.165, 1.54) is 36.5 Å². The Morgan fingerprint density at radius 1 is 0.625 bits per heavy atom. The largest absolute Gasteiger partial charge is 0.508 e. The monoisotopic (exact) mass is 424 g/mol. The lowest BCUT2D eigenvalue weighted by Gasteiger charge is -2.31. The number of hydrogen-bond donors (Lipinski definition) is 4. The summed E-state index contributed by atoms with van der Waals surface area (Å²) in [6.45, 7) is 0. The Morgan fingerprint density at radius 2 is 0.969 bits per heavy atom. The lowest BCUT2D eigenvalue weighted by atomic mass is 9.74. The minimum Gasteiger partial charge on any atom is -0.508 e. The van der Waals surface area contributed by atoms with Crippen LogP contribution in [0.25, 0.3) is 0 Å². The Labute approximate surface area is 188 Å². The van der Waals surface area contributed by atoms with Crippen molar-refractivity contribution < 1.29 is 20.4 Å². The smallest absolute Gasteiger partial charge is 0.113 e. The first-order chi connectivity index (χ1) is 15.4. The standard InChI is InChI=1S/2C14H12O2/c2*1-2-14(11-6-4-3-5-7-11)10-12(15)8-9-13(14)16/h2*1,3-10,13,15-16H. The van der Waals surface area contributed by atoms with E-state index in [9.17, 15) is 20.4 Å². The summed E-state index contributed by atoms with van der Waals surface area (Å²) in [6.07, 6.45) is 18.3. The summed E-state index contributed by atoms with van der Waals surface area (Å²) in [5.74, 6) is 5.30. The van der Waals surface area contributed by atoms with E-state index in [4.69, 9.17) is 12.8 Å². The second kappa shape index (κ2) is 9.45. The molecule has 0 saturated carbocycles. The molecule has 4 unspecified atom stereocenters. The van der Waals surface area contributed by atoms with Crippen LogP contribution in [0.2, 0.25) is 0 Å². The van der Waals surface area contributed by atoms with Crippen LogP contribution in [0, 0.1) is 24.7 Å². The van der Waals surface area contributed by atoms with Crippen molar-refractivity contribution in [3.63, 3.8) is 0 Å². The van der Waals surface area contributed by atoms with Crippen LogP contribution >= 0.6 is 0 Å². The Kier molecular flexibility index (Phi) is 6.71. The summed E-state index contributed by atoms with van der Waals surface area (Å²) in [7, 11) is 0. The predicted molar refractivity (Wildman–Crippen MR) is 126 cm³/mol. The molecule has 0 radical (unpaired) electrons. The fourth-order valence-corrected chi connectivity index (χ4v) is 3.77. The molecule has 4 atom stereocenters. The van der Waals surface area contributed by atoms with Gasteiger partial charge in [0.15, 0.2) is 0 Å². The summed E-state index contributed by atoms with van der Waals surface area (Å²) in [4.78, 5) is 0. The van der Waals surface area contributed by atoms with Gasteiger partial charge in [0.1, 0.15) is 22.3 Å². The fourth-order valence-electron chi connectivity index (χ4n) is 3.77. The Morgan fingerprint density at radius 3 is 1.28 bits per heavy atom. The molecule has 4 nitrogen and oxygen atoms in total. The Hall–Kier alpha value is -3.96. The van der Waals surface area contributed by atoms with Crippen LogP contribution in [-0.4, -0.2) is 32.6 Å². The molecule has 4 rings (SSSR count). The fraction of sp³-hybridized carbons (Fsp3) is 0.143. The van der Waals surface area contributed by atoms with Crippen molar-refractivity contribution in [3.8, 4) is 24.7 Å². The zero-order valence-corrected chi connectivity index (χ0v) is 17.3. The van der Waals surface area contributed by atoms with Gasteiger partial charge < -0.3 is 20.4 Å². The quantitative estimate of drug-likeness (QED) is 0.552. The van der Waals surface area contributed by atoms with Gasteiger partial charge in [0.2, 0.25) is 0 Å². The maximum Gasteiger partial charge on any atom is 0.113 e. The van der Waals surface area contributed by atoms with Gasteiger partial charge in [0.25, 0.3) is 0 Å². The topological polar surface area (TPSA) is 80.9 Å². The Balaban J connectivity index is 0.000000181. The number of aliphatic hydroxyl groups excluding tert-OH is 4. The average Bonchev–Trinajstić information content (AvgIpc) is 2.84. The van der Waals surface area contributed by atoms with E-state index in [2.05, 4.69) is 11.8 Å².